The molecule has 0 saturated carbocycles. The summed E-state index contributed by atoms with van der Waals surface area (Å²) in [6, 6.07) is 12.4. The Hall–Kier alpha value is -4.52. The van der Waals surface area contributed by atoms with Crippen molar-refractivity contribution in [2.45, 2.75) is 38.4 Å². The number of anilines is 4. The predicted octanol–water partition coefficient (Wildman–Crippen LogP) is 5.59. The average Bonchev–Trinajstić information content (AvgIpc) is 3.63. The van der Waals surface area contributed by atoms with Crippen LogP contribution in [0.5, 0.6) is 0 Å². The Morgan fingerprint density at radius 1 is 1.07 bits per heavy atom. The number of carbonyl (C=O) groups excluding carboxylic acids is 1. The zero-order valence-corrected chi connectivity index (χ0v) is 24.0. The Labute approximate surface area is 246 Å². The van der Waals surface area contributed by atoms with E-state index in [1.807, 2.05) is 19.1 Å². The molecule has 43 heavy (non-hydrogen) atoms. The van der Waals surface area contributed by atoms with Crippen molar-refractivity contribution in [1.82, 2.24) is 25.1 Å². The number of nitrogens with zero attached hydrogens (tertiary/aromatic N) is 5. The summed E-state index contributed by atoms with van der Waals surface area (Å²) in [5.74, 6) is 1.47. The van der Waals surface area contributed by atoms with Gasteiger partial charge >= 0.3 is 6.18 Å². The third kappa shape index (κ3) is 7.47. The second-order valence-electron chi connectivity index (χ2n) is 10.8. The van der Waals surface area contributed by atoms with Crippen LogP contribution >= 0.6 is 0 Å². The van der Waals surface area contributed by atoms with Crippen LogP contribution in [-0.2, 0) is 19.0 Å². The first-order valence-electron chi connectivity index (χ1n) is 13.8. The Balaban J connectivity index is 1.21. The molecule has 3 N–H and O–H groups in total. The number of likely N-dealkylation sites (N-methyl/N-ethyl adjacent to an activating group) is 1. The summed E-state index contributed by atoms with van der Waals surface area (Å²) in [4.78, 5) is 26.1. The fourth-order valence-electron chi connectivity index (χ4n) is 4.99. The largest absolute Gasteiger partial charge is 0.416 e. The number of hydrogen-bond donors (Lipinski definition) is 3. The second kappa shape index (κ2) is 12.4. The minimum absolute atomic E-state index is 0.151. The lowest BCUT2D eigenvalue weighted by Gasteiger charge is -2.21. The van der Waals surface area contributed by atoms with Crippen LogP contribution in [0, 0.1) is 12.7 Å². The zero-order valence-electron chi connectivity index (χ0n) is 24.0. The van der Waals surface area contributed by atoms with Gasteiger partial charge in [0.15, 0.2) is 5.82 Å². The number of benzene rings is 2. The molecule has 3 heterocycles. The van der Waals surface area contributed by atoms with Crippen molar-refractivity contribution in [2.75, 3.05) is 42.7 Å². The summed E-state index contributed by atoms with van der Waals surface area (Å²) in [5.41, 5.74) is 0.287. The number of nitrogens with one attached hydrogen (secondary N) is 3. The Bertz CT molecular complexity index is 1600. The monoisotopic (exact) mass is 596 g/mol. The topological polar surface area (TPSA) is 102 Å². The van der Waals surface area contributed by atoms with Crippen LogP contribution in [-0.4, -0.2) is 64.2 Å². The number of halogens is 4. The minimum atomic E-state index is -4.57. The van der Waals surface area contributed by atoms with Gasteiger partial charge in [0.1, 0.15) is 23.3 Å². The van der Waals surface area contributed by atoms with Gasteiger partial charge in [-0.1, -0.05) is 6.07 Å². The molecule has 1 aliphatic rings. The first-order chi connectivity index (χ1) is 20.4. The van der Waals surface area contributed by atoms with Gasteiger partial charge < -0.3 is 20.4 Å². The van der Waals surface area contributed by atoms with E-state index in [9.17, 15) is 22.4 Å². The Morgan fingerprint density at radius 3 is 2.63 bits per heavy atom. The molecule has 0 unspecified atom stereocenters. The molecule has 1 amide bonds. The van der Waals surface area contributed by atoms with Crippen molar-refractivity contribution in [3.8, 4) is 0 Å². The average molecular weight is 597 g/mol. The summed E-state index contributed by atoms with van der Waals surface area (Å²) in [5, 5.41) is 13.0. The van der Waals surface area contributed by atoms with Crippen LogP contribution in [0.2, 0.25) is 0 Å². The smallest absolute Gasteiger partial charge is 0.355 e. The van der Waals surface area contributed by atoms with Crippen molar-refractivity contribution < 1.29 is 22.4 Å². The predicted molar refractivity (Wildman–Crippen MR) is 156 cm³/mol. The number of aryl methyl sites for hydroxylation is 3. The van der Waals surface area contributed by atoms with Gasteiger partial charge in [0, 0.05) is 48.2 Å². The fraction of sp³-hybridized carbons (Fsp3) is 0.333. The molecular formula is C30H32F4N8O. The second-order valence-corrected chi connectivity index (χ2v) is 10.8. The number of H-pyrrole nitrogens is 1. The molecule has 4 aromatic rings. The minimum Gasteiger partial charge on any atom is -0.355 e. The van der Waals surface area contributed by atoms with E-state index >= 15 is 0 Å². The zero-order chi connectivity index (χ0) is 30.7. The van der Waals surface area contributed by atoms with E-state index in [1.165, 1.54) is 30.3 Å². The lowest BCUT2D eigenvalue weighted by Crippen LogP contribution is -2.31. The fourth-order valence-corrected chi connectivity index (χ4v) is 4.99. The molecule has 9 nitrogen and oxygen atoms in total. The van der Waals surface area contributed by atoms with Crippen LogP contribution in [0.4, 0.5) is 40.7 Å². The highest BCUT2D eigenvalue weighted by Crippen LogP contribution is 2.30. The normalized spacial score (nSPS) is 15.3. The highest BCUT2D eigenvalue weighted by Gasteiger charge is 2.31. The first-order valence-corrected chi connectivity index (χ1v) is 13.8. The van der Waals surface area contributed by atoms with Crippen molar-refractivity contribution in [2.24, 2.45) is 0 Å². The standard InChI is InChI=1S/C30H32F4N8O/c1-18-35-26(16-28(36-18)42-12-11-24(17-42)41(2)3)38-27-15-23(39-40-27)8-7-19-14-22(9-10-25(19)31)37-29(43)20-5-4-6-21(13-20)30(32,33)34/h4-6,9-10,13-16,24H,7-8,11-12,17H2,1-3H3,(H,37,43)(H2,35,36,38,39,40)/t24-/m0/s1. The van der Waals surface area contributed by atoms with E-state index in [4.69, 9.17) is 0 Å². The Kier molecular flexibility index (Phi) is 8.62. The van der Waals surface area contributed by atoms with Gasteiger partial charge in [-0.3, -0.25) is 9.89 Å². The van der Waals surface area contributed by atoms with Gasteiger partial charge in [-0.15, -0.1) is 0 Å². The molecule has 1 saturated heterocycles. The van der Waals surface area contributed by atoms with Crippen molar-refractivity contribution in [3.63, 3.8) is 0 Å². The number of hydrogen-bond acceptors (Lipinski definition) is 7. The number of aromatic amines is 1. The number of aromatic nitrogens is 4. The maximum Gasteiger partial charge on any atom is 0.416 e. The number of carbonyl (C=O) groups is 1. The van der Waals surface area contributed by atoms with Crippen LogP contribution in [0.3, 0.4) is 0 Å². The molecule has 13 heteroatoms. The maximum atomic E-state index is 14.6. The molecular weight excluding hydrogens is 564 g/mol. The van der Waals surface area contributed by atoms with Gasteiger partial charge in [0.05, 0.1) is 5.56 Å². The van der Waals surface area contributed by atoms with Crippen molar-refractivity contribution in [3.05, 3.63) is 88.6 Å². The molecule has 226 valence electrons. The third-order valence-electron chi connectivity index (χ3n) is 7.35. The van der Waals surface area contributed by atoms with E-state index in [-0.39, 0.29) is 11.3 Å². The molecule has 0 radical (unpaired) electrons. The van der Waals surface area contributed by atoms with E-state index < -0.39 is 23.5 Å². The lowest BCUT2D eigenvalue weighted by molar-refractivity contribution is -0.137. The third-order valence-corrected chi connectivity index (χ3v) is 7.35. The van der Waals surface area contributed by atoms with Gasteiger partial charge in [-0.2, -0.15) is 18.3 Å². The van der Waals surface area contributed by atoms with E-state index in [2.05, 4.69) is 54.7 Å². The molecule has 2 aromatic heterocycles. The number of alkyl halides is 3. The summed E-state index contributed by atoms with van der Waals surface area (Å²) in [6.45, 7) is 3.65. The molecule has 0 spiro atoms. The molecule has 2 aromatic carbocycles. The molecule has 0 bridgehead atoms. The lowest BCUT2D eigenvalue weighted by atomic mass is 10.1. The SMILES string of the molecule is Cc1nc(Nc2cc(CCc3cc(NC(=O)c4cccc(C(F)(F)F)c4)ccc3F)[nH]n2)cc(N2CC[C@H](N(C)C)C2)n1. The van der Waals surface area contributed by atoms with Gasteiger partial charge in [-0.05, 0) is 82.2 Å². The van der Waals surface area contributed by atoms with Gasteiger partial charge in [0.25, 0.3) is 5.91 Å². The molecule has 1 fully saturated rings. The van der Waals surface area contributed by atoms with Gasteiger partial charge in [0.2, 0.25) is 0 Å². The van der Waals surface area contributed by atoms with Crippen LogP contribution < -0.4 is 15.5 Å². The summed E-state index contributed by atoms with van der Waals surface area (Å²) in [6.07, 6.45) is -2.79. The van der Waals surface area contributed by atoms with Gasteiger partial charge in [-0.25, -0.2) is 14.4 Å². The number of amides is 1. The van der Waals surface area contributed by atoms with Crippen molar-refractivity contribution >= 4 is 29.0 Å². The molecule has 1 aliphatic heterocycles. The van der Waals surface area contributed by atoms with E-state index in [0.29, 0.717) is 41.9 Å². The van der Waals surface area contributed by atoms with E-state index in [1.54, 1.807) is 0 Å². The summed E-state index contributed by atoms with van der Waals surface area (Å²) < 4.78 is 53.7. The molecule has 1 atom stereocenters. The highest BCUT2D eigenvalue weighted by atomic mass is 19.4. The number of rotatable bonds is 9. The first kappa shape index (κ1) is 30.0. The van der Waals surface area contributed by atoms with Crippen LogP contribution in [0.25, 0.3) is 0 Å². The summed E-state index contributed by atoms with van der Waals surface area (Å²) in [7, 11) is 4.16. The van der Waals surface area contributed by atoms with Crippen LogP contribution in [0.1, 0.15) is 39.4 Å². The maximum absolute atomic E-state index is 14.6. The van der Waals surface area contributed by atoms with E-state index in [0.717, 1.165) is 43.2 Å². The highest BCUT2D eigenvalue weighted by molar-refractivity contribution is 6.04. The quantitative estimate of drug-likeness (QED) is 0.217. The van der Waals surface area contributed by atoms with Crippen LogP contribution in [0.15, 0.2) is 54.6 Å². The molecule has 5 rings (SSSR count). The molecule has 0 aliphatic carbocycles. The van der Waals surface area contributed by atoms with Crippen molar-refractivity contribution in [1.29, 1.82) is 0 Å². The Morgan fingerprint density at radius 2 is 1.88 bits per heavy atom. The summed E-state index contributed by atoms with van der Waals surface area (Å²) >= 11 is 0.